The van der Waals surface area contributed by atoms with Gasteiger partial charge in [0, 0.05) is 18.8 Å². The van der Waals surface area contributed by atoms with Crippen molar-refractivity contribution in [2.75, 3.05) is 18.4 Å². The van der Waals surface area contributed by atoms with Gasteiger partial charge in [-0.25, -0.2) is 13.1 Å². The number of hydrogen-bond acceptors (Lipinski definition) is 3. The Bertz CT molecular complexity index is 535. The fraction of sp³-hybridized carbons (Fsp3) is 0.500. The number of benzene rings is 1. The van der Waals surface area contributed by atoms with Crippen molar-refractivity contribution in [2.45, 2.75) is 24.2 Å². The van der Waals surface area contributed by atoms with Crippen molar-refractivity contribution in [3.8, 4) is 0 Å². The molecule has 0 amide bonds. The smallest absolute Gasteiger partial charge is 0.240 e. The molecule has 0 atom stereocenters. The van der Waals surface area contributed by atoms with E-state index in [-0.39, 0.29) is 0 Å². The standard InChI is InChI=1S/C12H16N2O2S/c15-17(16,14-8-9-1-2-9)11-3-4-12-10(7-11)5-6-13-12/h3-4,7,9,13-14H,1-2,5-6,8H2. The van der Waals surface area contributed by atoms with Crippen LogP contribution in [0.2, 0.25) is 0 Å². The normalized spacial score (nSPS) is 18.8. The van der Waals surface area contributed by atoms with Crippen molar-refractivity contribution in [2.24, 2.45) is 5.92 Å². The van der Waals surface area contributed by atoms with Gasteiger partial charge in [0.1, 0.15) is 0 Å². The van der Waals surface area contributed by atoms with E-state index in [0.29, 0.717) is 17.4 Å². The maximum atomic E-state index is 12.0. The third-order valence-electron chi connectivity index (χ3n) is 3.36. The zero-order valence-corrected chi connectivity index (χ0v) is 10.4. The van der Waals surface area contributed by atoms with Gasteiger partial charge in [-0.3, -0.25) is 0 Å². The summed E-state index contributed by atoms with van der Waals surface area (Å²) >= 11 is 0. The quantitative estimate of drug-likeness (QED) is 0.850. The number of rotatable bonds is 4. The van der Waals surface area contributed by atoms with Gasteiger partial charge in [-0.2, -0.15) is 0 Å². The topological polar surface area (TPSA) is 58.2 Å². The molecule has 1 saturated carbocycles. The lowest BCUT2D eigenvalue weighted by molar-refractivity contribution is 0.577. The van der Waals surface area contributed by atoms with Crippen LogP contribution in [-0.2, 0) is 16.4 Å². The van der Waals surface area contributed by atoms with Gasteiger partial charge in [-0.15, -0.1) is 0 Å². The van der Waals surface area contributed by atoms with Crippen LogP contribution in [0.5, 0.6) is 0 Å². The van der Waals surface area contributed by atoms with Gasteiger partial charge in [0.25, 0.3) is 0 Å². The minimum absolute atomic E-state index is 0.389. The Morgan fingerprint density at radius 2 is 2.18 bits per heavy atom. The highest BCUT2D eigenvalue weighted by Crippen LogP contribution is 2.29. The third-order valence-corrected chi connectivity index (χ3v) is 4.78. The van der Waals surface area contributed by atoms with Crippen LogP contribution in [0.3, 0.4) is 0 Å². The van der Waals surface area contributed by atoms with Gasteiger partial charge in [0.15, 0.2) is 0 Å². The van der Waals surface area contributed by atoms with Crippen molar-refractivity contribution in [3.63, 3.8) is 0 Å². The molecular formula is C12H16N2O2S. The number of hydrogen-bond donors (Lipinski definition) is 2. The molecule has 1 aliphatic carbocycles. The summed E-state index contributed by atoms with van der Waals surface area (Å²) in [6, 6.07) is 5.31. The largest absolute Gasteiger partial charge is 0.384 e. The fourth-order valence-electron chi connectivity index (χ4n) is 2.08. The highest BCUT2D eigenvalue weighted by atomic mass is 32.2. The van der Waals surface area contributed by atoms with Crippen molar-refractivity contribution in [3.05, 3.63) is 23.8 Å². The predicted octanol–water partition coefficient (Wildman–Crippen LogP) is 1.34. The highest BCUT2D eigenvalue weighted by molar-refractivity contribution is 7.89. The third kappa shape index (κ3) is 2.30. The SMILES string of the molecule is O=S(=O)(NCC1CC1)c1ccc2c(c1)CCN2. The molecule has 5 heteroatoms. The molecule has 1 aliphatic heterocycles. The minimum atomic E-state index is -3.31. The molecule has 0 bridgehead atoms. The summed E-state index contributed by atoms with van der Waals surface area (Å²) in [5.74, 6) is 0.556. The molecule has 1 aromatic rings. The van der Waals surface area contributed by atoms with E-state index >= 15 is 0 Å². The highest BCUT2D eigenvalue weighted by Gasteiger charge is 2.24. The molecule has 0 radical (unpaired) electrons. The first-order valence-electron chi connectivity index (χ1n) is 6.02. The molecule has 92 valence electrons. The second-order valence-corrected chi connectivity index (χ2v) is 6.56. The van der Waals surface area contributed by atoms with Gasteiger partial charge in [-0.05, 0) is 48.9 Å². The second-order valence-electron chi connectivity index (χ2n) is 4.79. The van der Waals surface area contributed by atoms with Crippen molar-refractivity contribution in [1.82, 2.24) is 4.72 Å². The lowest BCUT2D eigenvalue weighted by Gasteiger charge is -2.07. The Morgan fingerprint density at radius 1 is 1.35 bits per heavy atom. The number of fused-ring (bicyclic) bond motifs is 1. The zero-order valence-electron chi connectivity index (χ0n) is 9.57. The summed E-state index contributed by atoms with van der Waals surface area (Å²) in [7, 11) is -3.31. The van der Waals surface area contributed by atoms with Crippen LogP contribution in [0, 0.1) is 5.92 Å². The second kappa shape index (κ2) is 3.99. The Balaban J connectivity index is 1.82. The zero-order chi connectivity index (χ0) is 11.9. The van der Waals surface area contributed by atoms with Crippen molar-refractivity contribution in [1.29, 1.82) is 0 Å². The summed E-state index contributed by atoms with van der Waals surface area (Å²) in [5.41, 5.74) is 2.16. The van der Waals surface area contributed by atoms with Gasteiger partial charge >= 0.3 is 0 Å². The molecule has 0 spiro atoms. The summed E-state index contributed by atoms with van der Waals surface area (Å²) in [6.07, 6.45) is 3.20. The molecule has 0 aromatic heterocycles. The number of anilines is 1. The van der Waals surface area contributed by atoms with Crippen LogP contribution < -0.4 is 10.0 Å². The lowest BCUT2D eigenvalue weighted by Crippen LogP contribution is -2.25. The van der Waals surface area contributed by atoms with Crippen LogP contribution in [0.4, 0.5) is 5.69 Å². The molecule has 2 N–H and O–H groups in total. The Labute approximate surface area is 101 Å². The molecule has 4 nitrogen and oxygen atoms in total. The number of nitrogens with one attached hydrogen (secondary N) is 2. The molecule has 0 saturated heterocycles. The first-order valence-corrected chi connectivity index (χ1v) is 7.50. The molecule has 17 heavy (non-hydrogen) atoms. The van der Waals surface area contributed by atoms with E-state index in [1.54, 1.807) is 12.1 Å². The molecule has 1 fully saturated rings. The Kier molecular flexibility index (Phi) is 2.60. The van der Waals surface area contributed by atoms with Gasteiger partial charge in [0.05, 0.1) is 4.90 Å². The summed E-state index contributed by atoms with van der Waals surface area (Å²) < 4.78 is 26.7. The molecule has 1 heterocycles. The monoisotopic (exact) mass is 252 g/mol. The van der Waals surface area contributed by atoms with Crippen molar-refractivity contribution >= 4 is 15.7 Å². The van der Waals surface area contributed by atoms with E-state index in [2.05, 4.69) is 10.0 Å². The summed E-state index contributed by atoms with van der Waals surface area (Å²) in [5, 5.41) is 3.22. The van der Waals surface area contributed by atoms with Crippen LogP contribution >= 0.6 is 0 Å². The van der Waals surface area contributed by atoms with E-state index in [4.69, 9.17) is 0 Å². The van der Waals surface area contributed by atoms with E-state index in [1.807, 2.05) is 6.07 Å². The van der Waals surface area contributed by atoms with E-state index in [0.717, 1.165) is 37.1 Å². The van der Waals surface area contributed by atoms with Crippen LogP contribution in [0.15, 0.2) is 23.1 Å². The first-order chi connectivity index (χ1) is 8.15. The summed E-state index contributed by atoms with van der Waals surface area (Å²) in [6.45, 7) is 1.48. The Morgan fingerprint density at radius 3 is 2.94 bits per heavy atom. The van der Waals surface area contributed by atoms with Gasteiger partial charge in [-0.1, -0.05) is 0 Å². The maximum absolute atomic E-state index is 12.0. The van der Waals surface area contributed by atoms with Crippen LogP contribution in [0.1, 0.15) is 18.4 Å². The maximum Gasteiger partial charge on any atom is 0.240 e. The first kappa shape index (κ1) is 11.0. The molecule has 1 aromatic carbocycles. The molecule has 0 unspecified atom stereocenters. The van der Waals surface area contributed by atoms with Crippen LogP contribution in [0.25, 0.3) is 0 Å². The van der Waals surface area contributed by atoms with E-state index in [9.17, 15) is 8.42 Å². The summed E-state index contributed by atoms with van der Waals surface area (Å²) in [4.78, 5) is 0.389. The van der Waals surface area contributed by atoms with Gasteiger partial charge in [0.2, 0.25) is 10.0 Å². The lowest BCUT2D eigenvalue weighted by atomic mass is 10.2. The van der Waals surface area contributed by atoms with E-state index < -0.39 is 10.0 Å². The predicted molar refractivity (Wildman–Crippen MR) is 66.5 cm³/mol. The average molecular weight is 252 g/mol. The molecular weight excluding hydrogens is 236 g/mol. The van der Waals surface area contributed by atoms with Crippen LogP contribution in [-0.4, -0.2) is 21.5 Å². The fourth-order valence-corrected chi connectivity index (χ4v) is 3.25. The Hall–Kier alpha value is -1.07. The minimum Gasteiger partial charge on any atom is -0.384 e. The number of sulfonamides is 1. The van der Waals surface area contributed by atoms with Crippen molar-refractivity contribution < 1.29 is 8.42 Å². The molecule has 2 aliphatic rings. The van der Waals surface area contributed by atoms with E-state index in [1.165, 1.54) is 0 Å². The van der Waals surface area contributed by atoms with Gasteiger partial charge < -0.3 is 5.32 Å². The average Bonchev–Trinajstić information content (AvgIpc) is 3.02. The molecule has 3 rings (SSSR count).